The van der Waals surface area contributed by atoms with Crippen LogP contribution >= 0.6 is 23.5 Å². The first kappa shape index (κ1) is 23.8. The van der Waals surface area contributed by atoms with E-state index in [0.29, 0.717) is 52.3 Å². The molecule has 0 unspecified atom stereocenters. The maximum atomic E-state index is 11.6. The third-order valence-corrected chi connectivity index (χ3v) is 5.49. The van der Waals surface area contributed by atoms with Gasteiger partial charge in [-0.15, -0.1) is 11.8 Å². The Balaban J connectivity index is 1.95. The van der Waals surface area contributed by atoms with Crippen LogP contribution in [0.25, 0.3) is 0 Å². The average Bonchev–Trinajstić information content (AvgIpc) is 2.69. The molecule has 0 aliphatic carbocycles. The fourth-order valence-corrected chi connectivity index (χ4v) is 3.87. The number of carboxylic acid groups (broad SMARTS) is 1. The zero-order valence-electron chi connectivity index (χ0n) is 17.0. The molecule has 0 atom stereocenters. The Hall–Kier alpha value is -2.46. The van der Waals surface area contributed by atoms with E-state index in [2.05, 4.69) is 14.7 Å². The molecule has 0 saturated carbocycles. The van der Waals surface area contributed by atoms with Gasteiger partial charge in [0.05, 0.1) is 12.2 Å². The summed E-state index contributed by atoms with van der Waals surface area (Å²) in [7, 11) is 0. The smallest absolute Gasteiger partial charge is 0.507 e. The highest BCUT2D eigenvalue weighted by Crippen LogP contribution is 2.33. The van der Waals surface area contributed by atoms with Crippen LogP contribution in [0.4, 0.5) is 4.79 Å². The topological polar surface area (TPSA) is 119 Å². The number of thioether (sulfide) groups is 2. The standard InChI is InChI=1S/C20H24N2O6S2/c1-4-6-14-15(8-7-13(12(2)23)18(14)24)27-9-5-10-30-17-11-16(28-20(25)26)21-19(22-17)29-3/h7-8,11,24H,4-6,9-10H2,1-3H3,(H,25,26). The first-order valence-electron chi connectivity index (χ1n) is 9.30. The van der Waals surface area contributed by atoms with Gasteiger partial charge >= 0.3 is 6.16 Å². The number of phenolic OH excluding ortho intramolecular Hbond substituents is 1. The molecule has 0 fully saturated rings. The van der Waals surface area contributed by atoms with Crippen LogP contribution in [-0.4, -0.2) is 50.7 Å². The molecule has 0 bridgehead atoms. The molecule has 1 aromatic carbocycles. The second kappa shape index (κ2) is 11.7. The Morgan fingerprint density at radius 1 is 1.23 bits per heavy atom. The molecule has 162 valence electrons. The number of aromatic nitrogens is 2. The predicted molar refractivity (Wildman–Crippen MR) is 115 cm³/mol. The normalized spacial score (nSPS) is 10.6. The van der Waals surface area contributed by atoms with Gasteiger partial charge in [0.2, 0.25) is 5.88 Å². The largest absolute Gasteiger partial charge is 0.512 e. The number of nitrogens with zero attached hydrogens (tertiary/aromatic N) is 2. The number of Topliss-reactive ketones (excluding diaryl/α,β-unsaturated/α-hetero) is 1. The quantitative estimate of drug-likeness (QED) is 0.124. The van der Waals surface area contributed by atoms with E-state index in [0.717, 1.165) is 6.42 Å². The van der Waals surface area contributed by atoms with Crippen LogP contribution in [0.5, 0.6) is 17.4 Å². The minimum atomic E-state index is -1.42. The number of carbonyl (C=O) groups excluding carboxylic acids is 1. The molecule has 2 rings (SSSR count). The summed E-state index contributed by atoms with van der Waals surface area (Å²) in [5.41, 5.74) is 0.947. The van der Waals surface area contributed by atoms with Crippen molar-refractivity contribution in [2.45, 2.75) is 43.3 Å². The van der Waals surface area contributed by atoms with Gasteiger partial charge in [-0.05, 0) is 38.2 Å². The summed E-state index contributed by atoms with van der Waals surface area (Å²) in [6, 6.07) is 4.78. The first-order valence-corrected chi connectivity index (χ1v) is 11.5. The van der Waals surface area contributed by atoms with E-state index in [4.69, 9.17) is 9.84 Å². The molecule has 1 aromatic heterocycles. The molecule has 0 saturated heterocycles. The molecule has 8 nitrogen and oxygen atoms in total. The van der Waals surface area contributed by atoms with Crippen molar-refractivity contribution in [1.82, 2.24) is 9.97 Å². The lowest BCUT2D eigenvalue weighted by molar-refractivity contribution is 0.101. The molecule has 0 aliphatic heterocycles. The Labute approximate surface area is 183 Å². The number of carbonyl (C=O) groups is 2. The van der Waals surface area contributed by atoms with E-state index in [1.54, 1.807) is 18.4 Å². The second-order valence-electron chi connectivity index (χ2n) is 6.19. The maximum Gasteiger partial charge on any atom is 0.512 e. The van der Waals surface area contributed by atoms with Crippen LogP contribution in [-0.2, 0) is 6.42 Å². The van der Waals surface area contributed by atoms with Gasteiger partial charge < -0.3 is 19.7 Å². The van der Waals surface area contributed by atoms with Gasteiger partial charge in [-0.1, -0.05) is 25.1 Å². The number of rotatable bonds is 11. The van der Waals surface area contributed by atoms with Crippen molar-refractivity contribution >= 4 is 35.5 Å². The van der Waals surface area contributed by atoms with Crippen LogP contribution in [0, 0.1) is 0 Å². The molecular formula is C20H24N2O6S2. The van der Waals surface area contributed by atoms with Gasteiger partial charge in [0, 0.05) is 17.4 Å². The van der Waals surface area contributed by atoms with Crippen LogP contribution in [0.2, 0.25) is 0 Å². The van der Waals surface area contributed by atoms with E-state index in [1.165, 1.54) is 36.5 Å². The van der Waals surface area contributed by atoms with E-state index >= 15 is 0 Å². The SMILES string of the molecule is CCCc1c(OCCCSc2cc(OC(=O)O)nc(SC)n2)ccc(C(C)=O)c1O. The average molecular weight is 453 g/mol. The lowest BCUT2D eigenvalue weighted by atomic mass is 10.0. The summed E-state index contributed by atoms with van der Waals surface area (Å²) in [6.07, 6.45) is 2.49. The Bertz CT molecular complexity index is 907. The van der Waals surface area contributed by atoms with E-state index in [9.17, 15) is 14.7 Å². The van der Waals surface area contributed by atoms with Crippen LogP contribution in [0.15, 0.2) is 28.4 Å². The number of benzene rings is 1. The van der Waals surface area contributed by atoms with E-state index in [-0.39, 0.29) is 17.4 Å². The molecule has 0 amide bonds. The van der Waals surface area contributed by atoms with Crippen molar-refractivity contribution in [2.75, 3.05) is 18.6 Å². The summed E-state index contributed by atoms with van der Waals surface area (Å²) >= 11 is 2.73. The van der Waals surface area contributed by atoms with E-state index < -0.39 is 6.16 Å². The fourth-order valence-electron chi connectivity index (χ4n) is 2.64. The molecule has 10 heteroatoms. The molecule has 0 radical (unpaired) electrons. The molecule has 2 N–H and O–H groups in total. The zero-order chi connectivity index (χ0) is 22.1. The predicted octanol–water partition coefficient (Wildman–Crippen LogP) is 4.68. The molecule has 0 aliphatic rings. The lowest BCUT2D eigenvalue weighted by Crippen LogP contribution is -2.06. The molecule has 2 aromatic rings. The van der Waals surface area contributed by atoms with Crippen LogP contribution < -0.4 is 9.47 Å². The number of ether oxygens (including phenoxy) is 2. The van der Waals surface area contributed by atoms with Gasteiger partial charge in [-0.3, -0.25) is 4.79 Å². The van der Waals surface area contributed by atoms with Gasteiger partial charge in [0.1, 0.15) is 16.5 Å². The summed E-state index contributed by atoms with van der Waals surface area (Å²) in [6.45, 7) is 3.83. The van der Waals surface area contributed by atoms with Gasteiger partial charge in [-0.2, -0.15) is 4.98 Å². The number of hydrogen-bond donors (Lipinski definition) is 2. The minimum absolute atomic E-state index is 0.00670. The summed E-state index contributed by atoms with van der Waals surface area (Å²) < 4.78 is 10.5. The summed E-state index contributed by atoms with van der Waals surface area (Å²) in [5.74, 6) is 1.05. The third kappa shape index (κ3) is 6.81. The number of ketones is 1. The zero-order valence-corrected chi connectivity index (χ0v) is 18.6. The molecule has 0 spiro atoms. The van der Waals surface area contributed by atoms with Crippen molar-refractivity contribution in [2.24, 2.45) is 0 Å². The summed E-state index contributed by atoms with van der Waals surface area (Å²) in [4.78, 5) is 30.7. The Morgan fingerprint density at radius 3 is 2.63 bits per heavy atom. The van der Waals surface area contributed by atoms with Crippen molar-refractivity contribution in [3.63, 3.8) is 0 Å². The molecule has 30 heavy (non-hydrogen) atoms. The van der Waals surface area contributed by atoms with Gasteiger partial charge in [0.25, 0.3) is 0 Å². The van der Waals surface area contributed by atoms with Gasteiger partial charge in [0.15, 0.2) is 10.9 Å². The van der Waals surface area contributed by atoms with Crippen LogP contribution in [0.1, 0.15) is 42.6 Å². The van der Waals surface area contributed by atoms with Crippen LogP contribution in [0.3, 0.4) is 0 Å². The van der Waals surface area contributed by atoms with Crippen molar-refractivity contribution in [3.05, 3.63) is 29.3 Å². The fraction of sp³-hybridized carbons (Fsp3) is 0.400. The highest BCUT2D eigenvalue weighted by molar-refractivity contribution is 7.99. The van der Waals surface area contributed by atoms with Crippen molar-refractivity contribution in [1.29, 1.82) is 0 Å². The monoisotopic (exact) mass is 452 g/mol. The Morgan fingerprint density at radius 2 is 2.00 bits per heavy atom. The molecule has 1 heterocycles. The second-order valence-corrected chi connectivity index (χ2v) is 8.08. The number of phenols is 1. The third-order valence-electron chi connectivity index (χ3n) is 3.95. The highest BCUT2D eigenvalue weighted by Gasteiger charge is 2.16. The number of hydrogen-bond acceptors (Lipinski definition) is 9. The maximum absolute atomic E-state index is 11.6. The number of aromatic hydroxyl groups is 1. The van der Waals surface area contributed by atoms with Crippen molar-refractivity contribution in [3.8, 4) is 17.4 Å². The van der Waals surface area contributed by atoms with Crippen molar-refractivity contribution < 1.29 is 29.3 Å². The highest BCUT2D eigenvalue weighted by atomic mass is 32.2. The summed E-state index contributed by atoms with van der Waals surface area (Å²) in [5, 5.41) is 20.2. The lowest BCUT2D eigenvalue weighted by Gasteiger charge is -2.14. The minimum Gasteiger partial charge on any atom is -0.507 e. The van der Waals surface area contributed by atoms with Gasteiger partial charge in [-0.25, -0.2) is 9.78 Å². The Kier molecular flexibility index (Phi) is 9.25. The molecular weight excluding hydrogens is 428 g/mol. The first-order chi connectivity index (χ1) is 14.3. The van der Waals surface area contributed by atoms with E-state index in [1.807, 2.05) is 6.92 Å².